The first-order chi connectivity index (χ1) is 4.70. The molecule has 56 valence electrons. The van der Waals surface area contributed by atoms with Gasteiger partial charge in [0.05, 0.1) is 0 Å². The number of carbonyl (C=O) groups excluding carboxylic acids is 1. The zero-order chi connectivity index (χ0) is 7.56. The van der Waals surface area contributed by atoms with Crippen molar-refractivity contribution in [2.24, 2.45) is 5.92 Å². The van der Waals surface area contributed by atoms with Gasteiger partial charge in [0.2, 0.25) is 0 Å². The van der Waals surface area contributed by atoms with Crippen LogP contribution in [-0.4, -0.2) is 12.6 Å². The first kappa shape index (κ1) is 7.32. The van der Waals surface area contributed by atoms with Gasteiger partial charge in [-0.3, -0.25) is 0 Å². The number of esters is 1. The second-order valence-corrected chi connectivity index (χ2v) is 2.93. The summed E-state index contributed by atoms with van der Waals surface area (Å²) in [6.45, 7) is 4.65. The Labute approximate surface area is 60.9 Å². The Balaban J connectivity index is 2.48. The van der Waals surface area contributed by atoms with Gasteiger partial charge in [0.25, 0.3) is 0 Å². The molecule has 0 spiro atoms. The second-order valence-electron chi connectivity index (χ2n) is 2.93. The predicted molar refractivity (Wildman–Crippen MR) is 38.5 cm³/mol. The third-order valence-electron chi connectivity index (χ3n) is 1.43. The van der Waals surface area contributed by atoms with E-state index < -0.39 is 0 Å². The van der Waals surface area contributed by atoms with E-state index in [0.717, 1.165) is 12.0 Å². The highest BCUT2D eigenvalue weighted by Crippen LogP contribution is 2.15. The van der Waals surface area contributed by atoms with E-state index in [-0.39, 0.29) is 5.97 Å². The summed E-state index contributed by atoms with van der Waals surface area (Å²) in [5.41, 5.74) is 0.843. The minimum Gasteiger partial charge on any atom is -0.458 e. The highest BCUT2D eigenvalue weighted by Gasteiger charge is 2.16. The maximum atomic E-state index is 10.8. The van der Waals surface area contributed by atoms with E-state index in [2.05, 4.69) is 13.8 Å². The van der Waals surface area contributed by atoms with Crippen LogP contribution in [-0.2, 0) is 9.53 Å². The molecule has 0 atom stereocenters. The van der Waals surface area contributed by atoms with E-state index in [0.29, 0.717) is 12.5 Å². The molecule has 0 saturated heterocycles. The van der Waals surface area contributed by atoms with E-state index in [9.17, 15) is 4.79 Å². The van der Waals surface area contributed by atoms with Crippen LogP contribution < -0.4 is 0 Å². The van der Waals surface area contributed by atoms with Crippen LogP contribution in [0.2, 0.25) is 0 Å². The lowest BCUT2D eigenvalue weighted by molar-refractivity contribution is -0.136. The van der Waals surface area contributed by atoms with Gasteiger partial charge in [-0.1, -0.05) is 13.8 Å². The van der Waals surface area contributed by atoms with Gasteiger partial charge in [-0.2, -0.15) is 0 Å². The molecule has 10 heavy (non-hydrogen) atoms. The first-order valence-electron chi connectivity index (χ1n) is 3.56. The molecule has 0 bridgehead atoms. The number of rotatable bonds is 2. The molecular formula is C8H12O2. The molecule has 0 radical (unpaired) electrons. The van der Waals surface area contributed by atoms with E-state index >= 15 is 0 Å². The molecule has 0 amide bonds. The van der Waals surface area contributed by atoms with Crippen molar-refractivity contribution in [2.45, 2.75) is 20.3 Å². The Morgan fingerprint density at radius 3 is 2.80 bits per heavy atom. The maximum absolute atomic E-state index is 10.8. The van der Waals surface area contributed by atoms with Gasteiger partial charge in [-0.05, 0) is 18.4 Å². The molecule has 1 rings (SSSR count). The summed E-state index contributed by atoms with van der Waals surface area (Å²) in [6, 6.07) is 0. The van der Waals surface area contributed by atoms with Crippen LogP contribution in [0.15, 0.2) is 11.6 Å². The predicted octanol–water partition coefficient (Wildman–Crippen LogP) is 1.52. The Hall–Kier alpha value is -0.790. The van der Waals surface area contributed by atoms with Crippen molar-refractivity contribution in [3.63, 3.8) is 0 Å². The van der Waals surface area contributed by atoms with Gasteiger partial charge in [-0.25, -0.2) is 4.79 Å². The van der Waals surface area contributed by atoms with Crippen LogP contribution in [0.5, 0.6) is 0 Å². The Bertz CT molecular complexity index is 168. The molecule has 0 unspecified atom stereocenters. The fourth-order valence-corrected chi connectivity index (χ4v) is 1.00. The largest absolute Gasteiger partial charge is 0.458 e. The first-order valence-corrected chi connectivity index (χ1v) is 3.56. The molecule has 0 aliphatic carbocycles. The molecule has 1 heterocycles. The van der Waals surface area contributed by atoms with Crippen LogP contribution in [0.3, 0.4) is 0 Å². The Morgan fingerprint density at radius 1 is 1.70 bits per heavy atom. The van der Waals surface area contributed by atoms with Crippen molar-refractivity contribution in [3.05, 3.63) is 11.6 Å². The molecular weight excluding hydrogens is 128 g/mol. The third kappa shape index (κ3) is 1.59. The van der Waals surface area contributed by atoms with Crippen LogP contribution >= 0.6 is 0 Å². The topological polar surface area (TPSA) is 26.3 Å². The summed E-state index contributed by atoms with van der Waals surface area (Å²) in [7, 11) is 0. The van der Waals surface area contributed by atoms with Crippen LogP contribution in [0.4, 0.5) is 0 Å². The van der Waals surface area contributed by atoms with Crippen molar-refractivity contribution in [1.82, 2.24) is 0 Å². The molecule has 1 aliphatic heterocycles. The zero-order valence-corrected chi connectivity index (χ0v) is 6.39. The highest BCUT2D eigenvalue weighted by molar-refractivity contribution is 5.90. The molecule has 2 nitrogen and oxygen atoms in total. The van der Waals surface area contributed by atoms with Crippen molar-refractivity contribution < 1.29 is 9.53 Å². The van der Waals surface area contributed by atoms with Gasteiger partial charge < -0.3 is 4.74 Å². The molecule has 0 N–H and O–H groups in total. The molecule has 0 aromatic carbocycles. The van der Waals surface area contributed by atoms with E-state index in [1.807, 2.05) is 6.08 Å². The lowest BCUT2D eigenvalue weighted by atomic mass is 10.0. The minimum atomic E-state index is -0.131. The fourth-order valence-electron chi connectivity index (χ4n) is 1.00. The summed E-state index contributed by atoms with van der Waals surface area (Å²) < 4.78 is 4.73. The minimum absolute atomic E-state index is 0.131. The lowest BCUT2D eigenvalue weighted by Crippen LogP contribution is -2.01. The quantitative estimate of drug-likeness (QED) is 0.543. The lowest BCUT2D eigenvalue weighted by Gasteiger charge is -2.01. The van der Waals surface area contributed by atoms with Gasteiger partial charge in [0, 0.05) is 5.57 Å². The summed E-state index contributed by atoms with van der Waals surface area (Å²) >= 11 is 0. The number of hydrogen-bond acceptors (Lipinski definition) is 2. The van der Waals surface area contributed by atoms with Crippen molar-refractivity contribution >= 4 is 5.97 Å². The van der Waals surface area contributed by atoms with Gasteiger partial charge in [0.1, 0.15) is 6.61 Å². The number of cyclic esters (lactones) is 1. The van der Waals surface area contributed by atoms with Crippen molar-refractivity contribution in [3.8, 4) is 0 Å². The van der Waals surface area contributed by atoms with Crippen LogP contribution in [0.25, 0.3) is 0 Å². The van der Waals surface area contributed by atoms with Gasteiger partial charge >= 0.3 is 5.97 Å². The van der Waals surface area contributed by atoms with Gasteiger partial charge in [0.15, 0.2) is 0 Å². The molecule has 0 fully saturated rings. The molecule has 0 saturated carbocycles. The summed E-state index contributed by atoms with van der Waals surface area (Å²) in [5, 5.41) is 0. The fraction of sp³-hybridized carbons (Fsp3) is 0.625. The average molecular weight is 140 g/mol. The summed E-state index contributed by atoms with van der Waals surface area (Å²) in [6.07, 6.45) is 2.71. The normalized spacial score (nSPS) is 17.5. The SMILES string of the molecule is CC(C)CC1=CCOC1=O. The van der Waals surface area contributed by atoms with Crippen molar-refractivity contribution in [2.75, 3.05) is 6.61 Å². The van der Waals surface area contributed by atoms with Crippen LogP contribution in [0, 0.1) is 5.92 Å². The highest BCUT2D eigenvalue weighted by atomic mass is 16.5. The Kier molecular flexibility index (Phi) is 2.10. The van der Waals surface area contributed by atoms with E-state index in [4.69, 9.17) is 4.74 Å². The van der Waals surface area contributed by atoms with Gasteiger partial charge in [-0.15, -0.1) is 0 Å². The van der Waals surface area contributed by atoms with E-state index in [1.165, 1.54) is 0 Å². The zero-order valence-electron chi connectivity index (χ0n) is 6.39. The second kappa shape index (κ2) is 2.86. The molecule has 1 aliphatic rings. The number of carbonyl (C=O) groups is 1. The van der Waals surface area contributed by atoms with Crippen molar-refractivity contribution in [1.29, 1.82) is 0 Å². The van der Waals surface area contributed by atoms with E-state index in [1.54, 1.807) is 0 Å². The Morgan fingerprint density at radius 2 is 2.40 bits per heavy atom. The third-order valence-corrected chi connectivity index (χ3v) is 1.43. The molecule has 0 aromatic rings. The molecule has 0 aromatic heterocycles. The smallest absolute Gasteiger partial charge is 0.334 e. The summed E-state index contributed by atoms with van der Waals surface area (Å²) in [5.74, 6) is 0.408. The maximum Gasteiger partial charge on any atom is 0.334 e. The average Bonchev–Trinajstić information content (AvgIpc) is 2.15. The van der Waals surface area contributed by atoms with Crippen LogP contribution in [0.1, 0.15) is 20.3 Å². The summed E-state index contributed by atoms with van der Waals surface area (Å²) in [4.78, 5) is 10.8. The molecule has 2 heteroatoms. The number of ether oxygens (including phenoxy) is 1. The monoisotopic (exact) mass is 140 g/mol. The number of hydrogen-bond donors (Lipinski definition) is 0. The standard InChI is InChI=1S/C8H12O2/c1-6(2)5-7-3-4-10-8(7)9/h3,6H,4-5H2,1-2H3.